The molecule has 1 amide bonds. The molecule has 0 saturated heterocycles. The molecule has 4 aromatic rings. The predicted molar refractivity (Wildman–Crippen MR) is 126 cm³/mol. The maximum absolute atomic E-state index is 12.4. The van der Waals surface area contributed by atoms with Crippen LogP contribution in [0.15, 0.2) is 78.9 Å². The Balaban J connectivity index is 1.58. The van der Waals surface area contributed by atoms with E-state index in [0.717, 1.165) is 28.1 Å². The molecule has 0 fully saturated rings. The number of amides is 1. The minimum Gasteiger partial charge on any atom is -0.460 e. The smallest absolute Gasteiger partial charge is 0.336 e. The summed E-state index contributed by atoms with van der Waals surface area (Å²) in [6, 6.07) is 25.6. The fourth-order valence-electron chi connectivity index (χ4n) is 3.40. The van der Waals surface area contributed by atoms with Crippen molar-refractivity contribution in [2.45, 2.75) is 33.3 Å². The second kappa shape index (κ2) is 9.47. The normalized spacial score (nSPS) is 10.9. The third-order valence-electron chi connectivity index (χ3n) is 4.92. The van der Waals surface area contributed by atoms with E-state index < -0.39 is 0 Å². The summed E-state index contributed by atoms with van der Waals surface area (Å²) >= 11 is 0. The van der Waals surface area contributed by atoms with Gasteiger partial charge in [0.25, 0.3) is 0 Å². The van der Waals surface area contributed by atoms with E-state index in [9.17, 15) is 4.79 Å². The number of hydrogen-bond donors (Lipinski definition) is 1. The first kappa shape index (κ1) is 21.3. The Morgan fingerprint density at radius 2 is 1.66 bits per heavy atom. The van der Waals surface area contributed by atoms with Crippen molar-refractivity contribution in [1.82, 2.24) is 14.8 Å². The highest BCUT2D eigenvalue weighted by atomic mass is 16.5. The van der Waals surface area contributed by atoms with Gasteiger partial charge in [-0.15, -0.1) is 5.10 Å². The van der Waals surface area contributed by atoms with E-state index in [0.29, 0.717) is 18.3 Å². The maximum atomic E-state index is 12.4. The van der Waals surface area contributed by atoms with Crippen LogP contribution < -0.4 is 10.1 Å². The number of hydrogen-bond acceptors (Lipinski definition) is 4. The number of ether oxygens (including phenoxy) is 1. The predicted octanol–water partition coefficient (Wildman–Crippen LogP) is 5.21. The lowest BCUT2D eigenvalue weighted by atomic mass is 10.1. The van der Waals surface area contributed by atoms with Crippen LogP contribution in [0.3, 0.4) is 0 Å². The summed E-state index contributed by atoms with van der Waals surface area (Å²) in [4.78, 5) is 17.0. The van der Waals surface area contributed by atoms with Crippen LogP contribution in [0.4, 0.5) is 5.69 Å². The molecule has 0 spiro atoms. The molecule has 1 aromatic heterocycles. The van der Waals surface area contributed by atoms with Crippen molar-refractivity contribution in [1.29, 1.82) is 0 Å². The van der Waals surface area contributed by atoms with Gasteiger partial charge in [0.05, 0.1) is 18.2 Å². The lowest BCUT2D eigenvalue weighted by molar-refractivity contribution is -0.115. The van der Waals surface area contributed by atoms with E-state index in [2.05, 4.69) is 15.4 Å². The van der Waals surface area contributed by atoms with E-state index >= 15 is 0 Å². The zero-order valence-corrected chi connectivity index (χ0v) is 18.4. The van der Waals surface area contributed by atoms with E-state index in [1.54, 1.807) is 4.68 Å². The number of nitrogens with zero attached hydrogens (tertiary/aromatic N) is 3. The Morgan fingerprint density at radius 1 is 0.969 bits per heavy atom. The molecule has 0 aliphatic carbocycles. The van der Waals surface area contributed by atoms with Crippen molar-refractivity contribution in [3.05, 3.63) is 90.0 Å². The lowest BCUT2D eigenvalue weighted by Gasteiger charge is -2.10. The van der Waals surface area contributed by atoms with E-state index in [-0.39, 0.29) is 12.0 Å². The number of anilines is 1. The van der Waals surface area contributed by atoms with Crippen molar-refractivity contribution in [3.63, 3.8) is 0 Å². The van der Waals surface area contributed by atoms with E-state index in [4.69, 9.17) is 4.74 Å². The molecule has 6 nitrogen and oxygen atoms in total. The molecule has 0 saturated carbocycles. The highest BCUT2D eigenvalue weighted by Crippen LogP contribution is 2.27. The van der Waals surface area contributed by atoms with Crippen molar-refractivity contribution >= 4 is 11.6 Å². The molecule has 162 valence electrons. The largest absolute Gasteiger partial charge is 0.460 e. The summed E-state index contributed by atoms with van der Waals surface area (Å²) in [5.74, 6) is 0.650. The fourth-order valence-corrected chi connectivity index (χ4v) is 3.40. The van der Waals surface area contributed by atoms with Crippen molar-refractivity contribution < 1.29 is 9.53 Å². The molecule has 0 aliphatic heterocycles. The first-order valence-corrected chi connectivity index (χ1v) is 10.6. The molecule has 0 radical (unpaired) electrons. The van der Waals surface area contributed by atoms with Gasteiger partial charge in [0.1, 0.15) is 0 Å². The van der Waals surface area contributed by atoms with Crippen molar-refractivity contribution in [3.8, 4) is 23.1 Å². The molecular weight excluding hydrogens is 400 g/mol. The van der Waals surface area contributed by atoms with Crippen LogP contribution in [0.1, 0.15) is 25.0 Å². The number of aromatic nitrogens is 3. The Morgan fingerprint density at radius 3 is 2.34 bits per heavy atom. The van der Waals surface area contributed by atoms with Gasteiger partial charge in [0.2, 0.25) is 5.91 Å². The molecule has 0 atom stereocenters. The van der Waals surface area contributed by atoms with Crippen LogP contribution >= 0.6 is 0 Å². The monoisotopic (exact) mass is 426 g/mol. The first-order chi connectivity index (χ1) is 15.5. The third kappa shape index (κ3) is 5.03. The topological polar surface area (TPSA) is 69.0 Å². The molecule has 4 rings (SSSR count). The molecule has 32 heavy (non-hydrogen) atoms. The van der Waals surface area contributed by atoms with Crippen LogP contribution in [-0.4, -0.2) is 26.8 Å². The quantitative estimate of drug-likeness (QED) is 0.440. The van der Waals surface area contributed by atoms with Gasteiger partial charge in [-0.05, 0) is 56.2 Å². The van der Waals surface area contributed by atoms with E-state index in [1.165, 1.54) is 0 Å². The second-order valence-corrected chi connectivity index (χ2v) is 7.87. The van der Waals surface area contributed by atoms with Crippen LogP contribution in [0, 0.1) is 6.92 Å². The summed E-state index contributed by atoms with van der Waals surface area (Å²) in [7, 11) is 0. The highest BCUT2D eigenvalue weighted by Gasteiger charge is 2.17. The van der Waals surface area contributed by atoms with Gasteiger partial charge in [0, 0.05) is 11.3 Å². The molecule has 3 aromatic carbocycles. The standard InChI is InChI=1S/C26H26N4O2/c1-18(2)32-26-28-25(23-12-8-7-9-19(23)3)30(29-26)22-15-13-21(14-16-22)27-24(31)17-20-10-5-4-6-11-20/h4-16,18H,17H2,1-3H3,(H,27,31). The number of carbonyl (C=O) groups is 1. The Hall–Kier alpha value is -3.93. The minimum absolute atomic E-state index is 0.0298. The van der Waals surface area contributed by atoms with Gasteiger partial charge in [-0.3, -0.25) is 4.79 Å². The minimum atomic E-state index is -0.0575. The summed E-state index contributed by atoms with van der Waals surface area (Å²) in [6.45, 7) is 5.94. The molecule has 6 heteroatoms. The molecule has 0 aliphatic rings. The zero-order valence-electron chi connectivity index (χ0n) is 18.4. The summed E-state index contributed by atoms with van der Waals surface area (Å²) in [5, 5.41) is 7.53. The van der Waals surface area contributed by atoms with Crippen LogP contribution in [0.25, 0.3) is 17.1 Å². The average Bonchev–Trinajstić information content (AvgIpc) is 3.18. The number of nitrogens with one attached hydrogen (secondary N) is 1. The zero-order chi connectivity index (χ0) is 22.5. The Kier molecular flexibility index (Phi) is 6.31. The maximum Gasteiger partial charge on any atom is 0.336 e. The van der Waals surface area contributed by atoms with E-state index in [1.807, 2.05) is 99.6 Å². The van der Waals surface area contributed by atoms with Gasteiger partial charge < -0.3 is 10.1 Å². The second-order valence-electron chi connectivity index (χ2n) is 7.87. The highest BCUT2D eigenvalue weighted by molar-refractivity contribution is 5.92. The van der Waals surface area contributed by atoms with Gasteiger partial charge in [0.15, 0.2) is 5.82 Å². The fraction of sp³-hybridized carbons (Fsp3) is 0.192. The van der Waals surface area contributed by atoms with Gasteiger partial charge in [-0.2, -0.15) is 4.98 Å². The van der Waals surface area contributed by atoms with Crippen LogP contribution in [0.5, 0.6) is 6.01 Å². The number of benzene rings is 3. The van der Waals surface area contributed by atoms with Gasteiger partial charge in [-0.1, -0.05) is 54.6 Å². The van der Waals surface area contributed by atoms with Crippen molar-refractivity contribution in [2.75, 3.05) is 5.32 Å². The van der Waals surface area contributed by atoms with Gasteiger partial charge >= 0.3 is 6.01 Å². The SMILES string of the molecule is Cc1ccccc1-c1nc(OC(C)C)nn1-c1ccc(NC(=O)Cc2ccccc2)cc1. The van der Waals surface area contributed by atoms with Crippen LogP contribution in [0.2, 0.25) is 0 Å². The van der Waals surface area contributed by atoms with Gasteiger partial charge in [-0.25, -0.2) is 4.68 Å². The number of carbonyl (C=O) groups excluding carboxylic acids is 1. The Labute approximate surface area is 187 Å². The summed E-state index contributed by atoms with van der Waals surface area (Å²) in [5.41, 5.74) is 4.62. The summed E-state index contributed by atoms with van der Waals surface area (Å²) < 4.78 is 7.52. The molecule has 1 heterocycles. The first-order valence-electron chi connectivity index (χ1n) is 10.6. The number of aryl methyl sites for hydroxylation is 1. The summed E-state index contributed by atoms with van der Waals surface area (Å²) in [6.07, 6.45) is 0.303. The lowest BCUT2D eigenvalue weighted by Crippen LogP contribution is -2.14. The molecular formula is C26H26N4O2. The van der Waals surface area contributed by atoms with Crippen molar-refractivity contribution in [2.24, 2.45) is 0 Å². The van der Waals surface area contributed by atoms with Crippen LogP contribution in [-0.2, 0) is 11.2 Å². The molecule has 0 bridgehead atoms. The molecule has 0 unspecified atom stereocenters. The average molecular weight is 427 g/mol. The third-order valence-corrected chi connectivity index (χ3v) is 4.92. The Bertz CT molecular complexity index is 1200. The number of rotatable bonds is 7. The molecule has 1 N–H and O–H groups in total.